The lowest BCUT2D eigenvalue weighted by Crippen LogP contribution is -2.15. The van der Waals surface area contributed by atoms with Gasteiger partial charge < -0.3 is 4.74 Å². The van der Waals surface area contributed by atoms with Crippen molar-refractivity contribution < 1.29 is 9.13 Å². The molecule has 38 heavy (non-hydrogen) atoms. The van der Waals surface area contributed by atoms with Gasteiger partial charge in [-0.25, -0.2) is 14.4 Å². The lowest BCUT2D eigenvalue weighted by molar-refractivity contribution is 0.174. The maximum atomic E-state index is 13.9. The first-order valence-corrected chi connectivity index (χ1v) is 14.8. The van der Waals surface area contributed by atoms with Crippen LogP contribution in [0.15, 0.2) is 60.9 Å². The Hall–Kier alpha value is -2.75. The minimum Gasteiger partial charge on any atom is -0.491 e. The molecule has 0 aliphatic carbocycles. The summed E-state index contributed by atoms with van der Waals surface area (Å²) in [7, 11) is 0. The Balaban J connectivity index is 1.39. The Kier molecular flexibility index (Phi) is 13.3. The molecule has 0 saturated carbocycles. The van der Waals surface area contributed by atoms with E-state index in [0.29, 0.717) is 23.9 Å². The largest absolute Gasteiger partial charge is 0.491 e. The Bertz CT molecular complexity index is 1020. The predicted octanol–water partition coefficient (Wildman–Crippen LogP) is 10.0. The van der Waals surface area contributed by atoms with E-state index in [0.717, 1.165) is 23.1 Å². The van der Waals surface area contributed by atoms with Crippen molar-refractivity contribution in [2.24, 2.45) is 5.92 Å². The highest BCUT2D eigenvalue weighted by Crippen LogP contribution is 2.23. The molecule has 0 amide bonds. The highest BCUT2D eigenvalue weighted by atomic mass is 19.1. The van der Waals surface area contributed by atoms with Gasteiger partial charge in [-0.3, -0.25) is 0 Å². The van der Waals surface area contributed by atoms with Gasteiger partial charge in [-0.2, -0.15) is 0 Å². The first-order valence-electron chi connectivity index (χ1n) is 14.8. The molecule has 0 aliphatic rings. The zero-order valence-electron chi connectivity index (χ0n) is 23.8. The van der Waals surface area contributed by atoms with Crippen LogP contribution in [0.1, 0.15) is 97.0 Å². The summed E-state index contributed by atoms with van der Waals surface area (Å²) in [5.41, 5.74) is 4.46. The number of hydrogen-bond donors (Lipinski definition) is 0. The van der Waals surface area contributed by atoms with Crippen LogP contribution in [0.3, 0.4) is 0 Å². The molecule has 4 heteroatoms. The molecule has 1 aromatic heterocycles. The Morgan fingerprint density at radius 3 is 1.82 bits per heavy atom. The third kappa shape index (κ3) is 10.9. The van der Waals surface area contributed by atoms with E-state index in [-0.39, 0.29) is 6.61 Å². The van der Waals surface area contributed by atoms with Gasteiger partial charge in [0.2, 0.25) is 0 Å². The van der Waals surface area contributed by atoms with Crippen LogP contribution in [0.5, 0.6) is 5.75 Å². The van der Waals surface area contributed by atoms with Crippen molar-refractivity contribution in [3.8, 4) is 28.3 Å². The van der Waals surface area contributed by atoms with Gasteiger partial charge in [-0.1, -0.05) is 103 Å². The number of nitrogens with zero attached hydrogens (tertiary/aromatic N) is 2. The summed E-state index contributed by atoms with van der Waals surface area (Å²) in [5, 5.41) is 0. The fourth-order valence-corrected chi connectivity index (χ4v) is 4.77. The van der Waals surface area contributed by atoms with Crippen molar-refractivity contribution >= 4 is 0 Å². The first kappa shape index (κ1) is 29.8. The molecule has 206 valence electrons. The molecule has 3 rings (SSSR count). The molecule has 2 aromatic carbocycles. The zero-order valence-corrected chi connectivity index (χ0v) is 23.8. The topological polar surface area (TPSA) is 35.0 Å². The molecule has 0 spiro atoms. The fraction of sp³-hybridized carbons (Fsp3) is 0.529. The van der Waals surface area contributed by atoms with Crippen LogP contribution in [0.4, 0.5) is 4.39 Å². The molecule has 3 nitrogen and oxygen atoms in total. The summed E-state index contributed by atoms with van der Waals surface area (Å²) < 4.78 is 19.5. The van der Waals surface area contributed by atoms with E-state index < -0.39 is 6.17 Å². The van der Waals surface area contributed by atoms with E-state index in [1.54, 1.807) is 0 Å². The smallest absolute Gasteiger partial charge is 0.159 e. The van der Waals surface area contributed by atoms with Crippen molar-refractivity contribution in [1.82, 2.24) is 9.97 Å². The van der Waals surface area contributed by atoms with E-state index in [2.05, 4.69) is 41.2 Å². The maximum absolute atomic E-state index is 13.9. The number of ether oxygens (including phenoxy) is 1. The van der Waals surface area contributed by atoms with E-state index in [1.165, 1.54) is 69.8 Å². The quantitative estimate of drug-likeness (QED) is 0.157. The van der Waals surface area contributed by atoms with Crippen molar-refractivity contribution in [3.05, 3.63) is 66.5 Å². The average molecular weight is 519 g/mol. The summed E-state index contributed by atoms with van der Waals surface area (Å²) in [6, 6.07) is 16.4. The average Bonchev–Trinajstić information content (AvgIpc) is 2.93. The second-order valence-corrected chi connectivity index (χ2v) is 11.0. The van der Waals surface area contributed by atoms with Crippen molar-refractivity contribution in [2.45, 2.75) is 104 Å². The predicted molar refractivity (Wildman–Crippen MR) is 158 cm³/mol. The lowest BCUT2D eigenvalue weighted by atomic mass is 10.0. The Morgan fingerprint density at radius 2 is 1.24 bits per heavy atom. The van der Waals surface area contributed by atoms with Crippen molar-refractivity contribution in [1.29, 1.82) is 0 Å². The summed E-state index contributed by atoms with van der Waals surface area (Å²) in [4.78, 5) is 9.16. The second kappa shape index (κ2) is 17.0. The van der Waals surface area contributed by atoms with E-state index >= 15 is 0 Å². The number of unbranched alkanes of at least 4 members (excludes halogenated alkanes) is 9. The third-order valence-corrected chi connectivity index (χ3v) is 7.03. The highest BCUT2D eigenvalue weighted by Gasteiger charge is 2.10. The SMILES string of the molecule is CCCCCCCCCCCCc1ccc(-c2cnc(-c3ccc(OCC(F)CC(C)C)cc3)nc2)cc1. The third-order valence-electron chi connectivity index (χ3n) is 7.03. The molecule has 0 radical (unpaired) electrons. The van der Waals surface area contributed by atoms with Crippen LogP contribution >= 0.6 is 0 Å². The molecule has 0 saturated heterocycles. The molecule has 0 N–H and O–H groups in total. The van der Waals surface area contributed by atoms with Crippen LogP contribution in [0, 0.1) is 5.92 Å². The van der Waals surface area contributed by atoms with Gasteiger partial charge in [0.05, 0.1) is 0 Å². The standard InChI is InChI=1S/C34H47FN2O/c1-4-5-6-7-8-9-10-11-12-13-14-28-15-17-29(18-16-28)31-24-36-34(37-25-31)30-19-21-33(22-20-30)38-26-32(35)23-27(2)3/h15-22,24-25,27,32H,4-14,23,26H2,1-3H3. The van der Waals surface area contributed by atoms with Crippen LogP contribution in [0.2, 0.25) is 0 Å². The van der Waals surface area contributed by atoms with Crippen LogP contribution in [-0.2, 0) is 6.42 Å². The van der Waals surface area contributed by atoms with Gasteiger partial charge >= 0.3 is 0 Å². The zero-order chi connectivity index (χ0) is 27.0. The van der Waals surface area contributed by atoms with E-state index in [1.807, 2.05) is 50.5 Å². The van der Waals surface area contributed by atoms with Gasteiger partial charge in [0.15, 0.2) is 5.82 Å². The molecular weight excluding hydrogens is 471 g/mol. The summed E-state index contributed by atoms with van der Waals surface area (Å²) in [6.45, 7) is 6.39. The van der Waals surface area contributed by atoms with Gasteiger partial charge in [0.1, 0.15) is 18.5 Å². The molecule has 0 bridgehead atoms. The molecule has 1 unspecified atom stereocenters. The van der Waals surface area contributed by atoms with E-state index in [4.69, 9.17) is 4.74 Å². The normalized spacial score (nSPS) is 12.1. The van der Waals surface area contributed by atoms with Gasteiger partial charge in [0.25, 0.3) is 0 Å². The summed E-state index contributed by atoms with van der Waals surface area (Å²) in [6.07, 6.45) is 18.2. The molecule has 1 atom stereocenters. The van der Waals surface area contributed by atoms with Crippen molar-refractivity contribution in [3.63, 3.8) is 0 Å². The number of rotatable bonds is 18. The van der Waals surface area contributed by atoms with Gasteiger partial charge in [0, 0.05) is 23.5 Å². The molecule has 3 aromatic rings. The maximum Gasteiger partial charge on any atom is 0.159 e. The van der Waals surface area contributed by atoms with E-state index in [9.17, 15) is 4.39 Å². The molecular formula is C34H47FN2O. The van der Waals surface area contributed by atoms with Gasteiger partial charge in [-0.15, -0.1) is 0 Å². The van der Waals surface area contributed by atoms with Crippen LogP contribution < -0.4 is 4.74 Å². The monoisotopic (exact) mass is 518 g/mol. The second-order valence-electron chi connectivity index (χ2n) is 11.0. The van der Waals surface area contributed by atoms with Gasteiger partial charge in [-0.05, 0) is 60.6 Å². The summed E-state index contributed by atoms with van der Waals surface area (Å²) >= 11 is 0. The van der Waals surface area contributed by atoms with Crippen molar-refractivity contribution in [2.75, 3.05) is 6.61 Å². The van der Waals surface area contributed by atoms with Crippen LogP contribution in [0.25, 0.3) is 22.5 Å². The number of aryl methyl sites for hydroxylation is 1. The minimum atomic E-state index is -0.945. The number of aromatic nitrogens is 2. The molecule has 1 heterocycles. The number of benzene rings is 2. The lowest BCUT2D eigenvalue weighted by Gasteiger charge is -2.12. The minimum absolute atomic E-state index is 0.0841. The first-order chi connectivity index (χ1) is 18.5. The highest BCUT2D eigenvalue weighted by molar-refractivity contribution is 5.64. The Morgan fingerprint density at radius 1 is 0.684 bits per heavy atom. The molecule has 0 fully saturated rings. The fourth-order valence-electron chi connectivity index (χ4n) is 4.77. The molecule has 0 aliphatic heterocycles. The number of alkyl halides is 1. The van der Waals surface area contributed by atoms with Crippen LogP contribution in [-0.4, -0.2) is 22.7 Å². The number of halogens is 1. The summed E-state index contributed by atoms with van der Waals surface area (Å²) in [5.74, 6) is 1.65. The number of hydrogen-bond acceptors (Lipinski definition) is 3. The Labute approximate surface area is 230 Å².